The molecule has 0 saturated carbocycles. The summed E-state index contributed by atoms with van der Waals surface area (Å²) in [6, 6.07) is 12.8. The van der Waals surface area contributed by atoms with E-state index in [1.165, 1.54) is 11.0 Å². The van der Waals surface area contributed by atoms with Gasteiger partial charge in [-0.05, 0) is 43.2 Å². The summed E-state index contributed by atoms with van der Waals surface area (Å²) in [7, 11) is 3.98. The molecule has 6 heteroatoms. The monoisotopic (exact) mass is 357 g/mol. The van der Waals surface area contributed by atoms with E-state index in [2.05, 4.69) is 11.4 Å². The maximum atomic E-state index is 11.5. The number of nitrogens with zero attached hydrogens (tertiary/aromatic N) is 2. The molecule has 6 nitrogen and oxygen atoms in total. The van der Waals surface area contributed by atoms with Crippen molar-refractivity contribution >= 4 is 23.2 Å². The zero-order valence-electron chi connectivity index (χ0n) is 15.7. The molecular formula is C20H27N3O3. The Balaban J connectivity index is 2.14. The summed E-state index contributed by atoms with van der Waals surface area (Å²) in [6.07, 6.45) is -0.338. The van der Waals surface area contributed by atoms with Gasteiger partial charge in [0.25, 0.3) is 0 Å². The van der Waals surface area contributed by atoms with Gasteiger partial charge in [-0.3, -0.25) is 4.90 Å². The molecule has 26 heavy (non-hydrogen) atoms. The molecular weight excluding hydrogens is 330 g/mol. The number of phenols is 1. The second-order valence-electron chi connectivity index (χ2n) is 6.53. The van der Waals surface area contributed by atoms with Gasteiger partial charge in [0.2, 0.25) is 0 Å². The van der Waals surface area contributed by atoms with Crippen molar-refractivity contribution in [2.24, 2.45) is 0 Å². The molecule has 3 N–H and O–H groups in total. The molecule has 0 heterocycles. The molecule has 0 unspecified atom stereocenters. The van der Waals surface area contributed by atoms with Crippen LogP contribution in [0.25, 0.3) is 0 Å². The van der Waals surface area contributed by atoms with Crippen molar-refractivity contribution in [1.82, 2.24) is 0 Å². The molecule has 0 radical (unpaired) electrons. The molecule has 1 atom stereocenters. The highest BCUT2D eigenvalue weighted by Gasteiger charge is 2.20. The second kappa shape index (κ2) is 8.47. The molecule has 0 aliphatic carbocycles. The first-order valence-corrected chi connectivity index (χ1v) is 8.68. The average Bonchev–Trinajstić information content (AvgIpc) is 2.61. The summed E-state index contributed by atoms with van der Waals surface area (Å²) in [5.74, 6) is 0.0285. The van der Waals surface area contributed by atoms with Gasteiger partial charge < -0.3 is 20.4 Å². The van der Waals surface area contributed by atoms with Gasteiger partial charge in [0.05, 0.1) is 11.4 Å². The molecule has 0 fully saturated rings. The van der Waals surface area contributed by atoms with Crippen LogP contribution in [0.5, 0.6) is 5.75 Å². The van der Waals surface area contributed by atoms with E-state index in [4.69, 9.17) is 0 Å². The Morgan fingerprint density at radius 2 is 1.88 bits per heavy atom. The topological polar surface area (TPSA) is 76.0 Å². The van der Waals surface area contributed by atoms with Crippen LogP contribution in [0.2, 0.25) is 0 Å². The fraction of sp³-hybridized carbons (Fsp3) is 0.350. The number of hydrogen-bond donors (Lipinski definition) is 3. The summed E-state index contributed by atoms with van der Waals surface area (Å²) >= 11 is 0. The summed E-state index contributed by atoms with van der Waals surface area (Å²) in [4.78, 5) is 14.8. The number of hydrogen-bond acceptors (Lipinski definition) is 4. The third-order valence-corrected chi connectivity index (χ3v) is 4.41. The van der Waals surface area contributed by atoms with Gasteiger partial charge in [0.1, 0.15) is 5.75 Å². The highest BCUT2D eigenvalue weighted by atomic mass is 16.4. The lowest BCUT2D eigenvalue weighted by molar-refractivity contribution is 0.199. The number of carbonyl (C=O) groups is 1. The molecule has 0 aliphatic heterocycles. The normalized spacial score (nSPS) is 11.7. The summed E-state index contributed by atoms with van der Waals surface area (Å²) in [5, 5.41) is 22.9. The van der Waals surface area contributed by atoms with E-state index in [1.807, 2.05) is 51.0 Å². The Hall–Kier alpha value is -2.89. The minimum Gasteiger partial charge on any atom is -0.506 e. The van der Waals surface area contributed by atoms with Crippen LogP contribution in [0.15, 0.2) is 42.5 Å². The fourth-order valence-electron chi connectivity index (χ4n) is 2.70. The molecule has 0 spiro atoms. The Kier molecular flexibility index (Phi) is 6.33. The minimum absolute atomic E-state index is 0.0285. The lowest BCUT2D eigenvalue weighted by Gasteiger charge is -2.26. The lowest BCUT2D eigenvalue weighted by Crippen LogP contribution is -2.37. The van der Waals surface area contributed by atoms with Crippen LogP contribution in [-0.2, 0) is 6.54 Å². The van der Waals surface area contributed by atoms with Gasteiger partial charge in [-0.15, -0.1) is 0 Å². The van der Waals surface area contributed by atoms with Crippen molar-refractivity contribution < 1.29 is 15.0 Å². The van der Waals surface area contributed by atoms with Gasteiger partial charge in [-0.2, -0.15) is 0 Å². The number of anilines is 3. The molecule has 2 aromatic rings. The number of nitrogens with one attached hydrogen (secondary N) is 1. The fourth-order valence-corrected chi connectivity index (χ4v) is 2.70. The first kappa shape index (κ1) is 19.4. The number of benzene rings is 2. The number of aromatic hydroxyl groups is 1. The Morgan fingerprint density at radius 3 is 2.46 bits per heavy atom. The minimum atomic E-state index is -1.03. The first-order chi connectivity index (χ1) is 12.3. The van der Waals surface area contributed by atoms with Crippen LogP contribution >= 0.6 is 0 Å². The van der Waals surface area contributed by atoms with Gasteiger partial charge in [0, 0.05) is 38.4 Å². The van der Waals surface area contributed by atoms with Gasteiger partial charge >= 0.3 is 6.09 Å². The van der Waals surface area contributed by atoms with E-state index in [0.29, 0.717) is 24.3 Å². The van der Waals surface area contributed by atoms with E-state index in [1.54, 1.807) is 12.1 Å². The van der Waals surface area contributed by atoms with E-state index < -0.39 is 6.09 Å². The highest BCUT2D eigenvalue weighted by molar-refractivity contribution is 5.87. The Morgan fingerprint density at radius 1 is 1.15 bits per heavy atom. The van der Waals surface area contributed by atoms with Crippen molar-refractivity contribution in [2.75, 3.05) is 29.2 Å². The van der Waals surface area contributed by atoms with Crippen molar-refractivity contribution in [3.63, 3.8) is 0 Å². The molecule has 0 bridgehead atoms. The maximum Gasteiger partial charge on any atom is 0.412 e. The summed E-state index contributed by atoms with van der Waals surface area (Å²) in [5.41, 5.74) is 3.23. The summed E-state index contributed by atoms with van der Waals surface area (Å²) in [6.45, 7) is 4.33. The van der Waals surface area contributed by atoms with Crippen LogP contribution in [-0.4, -0.2) is 36.4 Å². The SMILES string of the molecule is CC[C@H](C)N(C(=O)O)c1ccc(NCc2cccc(N(C)C)c2)c(O)c1. The molecule has 0 aliphatic rings. The zero-order chi connectivity index (χ0) is 19.3. The Bertz CT molecular complexity index is 762. The second-order valence-corrected chi connectivity index (χ2v) is 6.53. The predicted molar refractivity (Wildman–Crippen MR) is 106 cm³/mol. The van der Waals surface area contributed by atoms with Crippen LogP contribution in [0, 0.1) is 0 Å². The first-order valence-electron chi connectivity index (χ1n) is 8.68. The Labute approximate surface area is 154 Å². The van der Waals surface area contributed by atoms with Gasteiger partial charge in [-0.25, -0.2) is 4.79 Å². The van der Waals surface area contributed by atoms with Crippen LogP contribution < -0.4 is 15.1 Å². The quantitative estimate of drug-likeness (QED) is 0.642. The number of carboxylic acid groups (broad SMARTS) is 1. The smallest absolute Gasteiger partial charge is 0.412 e. The van der Waals surface area contributed by atoms with Crippen LogP contribution in [0.1, 0.15) is 25.8 Å². The van der Waals surface area contributed by atoms with Crippen molar-refractivity contribution in [3.05, 3.63) is 48.0 Å². The van der Waals surface area contributed by atoms with E-state index >= 15 is 0 Å². The average molecular weight is 357 g/mol. The van der Waals surface area contributed by atoms with Crippen LogP contribution in [0.4, 0.5) is 21.9 Å². The highest BCUT2D eigenvalue weighted by Crippen LogP contribution is 2.30. The molecule has 2 aromatic carbocycles. The molecule has 0 aromatic heterocycles. The van der Waals surface area contributed by atoms with Gasteiger partial charge in [0.15, 0.2) is 0 Å². The molecule has 140 valence electrons. The zero-order valence-corrected chi connectivity index (χ0v) is 15.7. The third-order valence-electron chi connectivity index (χ3n) is 4.41. The van der Waals surface area contributed by atoms with Crippen LogP contribution in [0.3, 0.4) is 0 Å². The van der Waals surface area contributed by atoms with Crippen molar-refractivity contribution in [2.45, 2.75) is 32.9 Å². The summed E-state index contributed by atoms with van der Waals surface area (Å²) < 4.78 is 0. The standard InChI is InChI=1S/C20H27N3O3/c1-5-14(2)23(20(25)26)17-9-10-18(19(24)12-17)21-13-15-7-6-8-16(11-15)22(3)4/h6-12,14,21,24H,5,13H2,1-4H3,(H,25,26)/t14-/m0/s1. The third kappa shape index (κ3) is 4.59. The van der Waals surface area contributed by atoms with E-state index in [0.717, 1.165) is 11.3 Å². The number of rotatable bonds is 7. The molecule has 0 saturated heterocycles. The van der Waals surface area contributed by atoms with E-state index in [9.17, 15) is 15.0 Å². The van der Waals surface area contributed by atoms with Gasteiger partial charge in [-0.1, -0.05) is 19.1 Å². The number of phenolic OH excluding ortho intramolecular Hbond substituents is 1. The van der Waals surface area contributed by atoms with E-state index in [-0.39, 0.29) is 11.8 Å². The van der Waals surface area contributed by atoms with Crippen molar-refractivity contribution in [3.8, 4) is 5.75 Å². The largest absolute Gasteiger partial charge is 0.506 e. The van der Waals surface area contributed by atoms with Crippen molar-refractivity contribution in [1.29, 1.82) is 0 Å². The predicted octanol–water partition coefficient (Wildman–Crippen LogP) is 4.35. The molecule has 1 amide bonds. The number of amides is 1. The maximum absolute atomic E-state index is 11.5. The lowest BCUT2D eigenvalue weighted by atomic mass is 10.1. The molecule has 2 rings (SSSR count).